The van der Waals surface area contributed by atoms with Gasteiger partial charge in [0.1, 0.15) is 12.1 Å². The van der Waals surface area contributed by atoms with Crippen LogP contribution in [0, 0.1) is 5.92 Å². The third-order valence-corrected chi connectivity index (χ3v) is 4.44. The van der Waals surface area contributed by atoms with Crippen LogP contribution >= 0.6 is 0 Å². The van der Waals surface area contributed by atoms with Gasteiger partial charge in [0, 0.05) is 13.0 Å². The van der Waals surface area contributed by atoms with Crippen LogP contribution in [0.3, 0.4) is 0 Å². The van der Waals surface area contributed by atoms with Gasteiger partial charge in [-0.05, 0) is 36.8 Å². The molecule has 1 N–H and O–H groups in total. The Kier molecular flexibility index (Phi) is 4.16. The van der Waals surface area contributed by atoms with E-state index in [1.807, 2.05) is 24.3 Å². The van der Waals surface area contributed by atoms with Crippen molar-refractivity contribution in [2.24, 2.45) is 5.92 Å². The summed E-state index contributed by atoms with van der Waals surface area (Å²) in [5, 5.41) is 9.46. The molecule has 1 fully saturated rings. The Bertz CT molecular complexity index is 582. The first-order valence-electron chi connectivity index (χ1n) is 7.78. The van der Waals surface area contributed by atoms with Crippen LogP contribution in [0.15, 0.2) is 24.3 Å². The van der Waals surface area contributed by atoms with Gasteiger partial charge in [-0.2, -0.15) is 0 Å². The zero-order valence-electron chi connectivity index (χ0n) is 12.7. The van der Waals surface area contributed by atoms with Crippen LogP contribution in [0.4, 0.5) is 0 Å². The molecule has 2 aliphatic rings. The summed E-state index contributed by atoms with van der Waals surface area (Å²) in [6.45, 7) is 2.64. The molecule has 1 aliphatic heterocycles. The SMILES string of the molecule is C[C@@H](OCC1CC1)C(=O)N1Cc2ccccc2C[C@@H]1C(=O)O. The third kappa shape index (κ3) is 3.14. The largest absolute Gasteiger partial charge is 0.480 e. The molecule has 5 nitrogen and oxygen atoms in total. The maximum atomic E-state index is 12.6. The molecular weight excluding hydrogens is 282 g/mol. The molecule has 5 heteroatoms. The highest BCUT2D eigenvalue weighted by Crippen LogP contribution is 2.30. The Balaban J connectivity index is 1.74. The normalized spacial score (nSPS) is 22.0. The van der Waals surface area contributed by atoms with Crippen molar-refractivity contribution in [3.63, 3.8) is 0 Å². The predicted octanol–water partition coefficient (Wildman–Crippen LogP) is 1.84. The van der Waals surface area contributed by atoms with E-state index in [0.717, 1.165) is 24.0 Å². The average molecular weight is 303 g/mol. The second kappa shape index (κ2) is 6.08. The minimum absolute atomic E-state index is 0.234. The summed E-state index contributed by atoms with van der Waals surface area (Å²) in [6.07, 6.45) is 2.09. The number of hydrogen-bond acceptors (Lipinski definition) is 3. The van der Waals surface area contributed by atoms with Gasteiger partial charge in [-0.25, -0.2) is 4.79 Å². The molecule has 0 bridgehead atoms. The molecule has 1 saturated carbocycles. The van der Waals surface area contributed by atoms with Crippen LogP contribution in [0.2, 0.25) is 0 Å². The molecule has 0 unspecified atom stereocenters. The molecular formula is C17H21NO4. The Morgan fingerprint density at radius 3 is 2.64 bits per heavy atom. The highest BCUT2D eigenvalue weighted by molar-refractivity contribution is 5.87. The number of fused-ring (bicyclic) bond motifs is 1. The number of carbonyl (C=O) groups excluding carboxylic acids is 1. The predicted molar refractivity (Wildman–Crippen MR) is 80.3 cm³/mol. The Morgan fingerprint density at radius 2 is 2.00 bits per heavy atom. The first-order chi connectivity index (χ1) is 10.6. The van der Waals surface area contributed by atoms with E-state index in [9.17, 15) is 14.7 Å². The van der Waals surface area contributed by atoms with Crippen molar-refractivity contribution in [3.8, 4) is 0 Å². The topological polar surface area (TPSA) is 66.8 Å². The van der Waals surface area contributed by atoms with Crippen LogP contribution in [-0.4, -0.2) is 40.6 Å². The Morgan fingerprint density at radius 1 is 1.32 bits per heavy atom. The summed E-state index contributed by atoms with van der Waals surface area (Å²) in [5.74, 6) is -0.618. The van der Waals surface area contributed by atoms with Crippen molar-refractivity contribution in [1.82, 2.24) is 4.90 Å². The number of ether oxygens (including phenoxy) is 1. The minimum atomic E-state index is -0.961. The van der Waals surface area contributed by atoms with Gasteiger partial charge in [0.25, 0.3) is 5.91 Å². The van der Waals surface area contributed by atoms with Crippen LogP contribution in [0.1, 0.15) is 30.9 Å². The van der Waals surface area contributed by atoms with Crippen molar-refractivity contribution in [2.45, 2.75) is 44.9 Å². The van der Waals surface area contributed by atoms with Crippen molar-refractivity contribution in [1.29, 1.82) is 0 Å². The number of carboxylic acid groups (broad SMARTS) is 1. The number of hydrogen-bond donors (Lipinski definition) is 1. The molecule has 2 atom stereocenters. The molecule has 22 heavy (non-hydrogen) atoms. The van der Waals surface area contributed by atoms with E-state index in [0.29, 0.717) is 25.5 Å². The standard InChI is InChI=1S/C17H21NO4/c1-11(22-10-12-6-7-12)16(19)18-9-14-5-3-2-4-13(14)8-15(18)17(20)21/h2-5,11-12,15H,6-10H2,1H3,(H,20,21)/t11-,15-/m1/s1. The Labute approximate surface area is 129 Å². The highest BCUT2D eigenvalue weighted by atomic mass is 16.5. The lowest BCUT2D eigenvalue weighted by Crippen LogP contribution is -2.51. The van der Waals surface area contributed by atoms with Gasteiger partial charge in [-0.15, -0.1) is 0 Å². The highest BCUT2D eigenvalue weighted by Gasteiger charge is 2.36. The van der Waals surface area contributed by atoms with E-state index in [1.54, 1.807) is 6.92 Å². The van der Waals surface area contributed by atoms with E-state index in [4.69, 9.17) is 4.74 Å². The van der Waals surface area contributed by atoms with E-state index >= 15 is 0 Å². The maximum absolute atomic E-state index is 12.6. The third-order valence-electron chi connectivity index (χ3n) is 4.44. The summed E-state index contributed by atoms with van der Waals surface area (Å²) in [7, 11) is 0. The van der Waals surface area contributed by atoms with Crippen LogP contribution in [0.25, 0.3) is 0 Å². The second-order valence-electron chi connectivity index (χ2n) is 6.21. The first-order valence-corrected chi connectivity index (χ1v) is 7.78. The van der Waals surface area contributed by atoms with E-state index in [2.05, 4.69) is 0 Å². The van der Waals surface area contributed by atoms with Crippen molar-refractivity contribution in [2.75, 3.05) is 6.61 Å². The monoisotopic (exact) mass is 303 g/mol. The molecule has 0 radical (unpaired) electrons. The fraction of sp³-hybridized carbons (Fsp3) is 0.529. The van der Waals surface area contributed by atoms with E-state index < -0.39 is 18.1 Å². The second-order valence-corrected chi connectivity index (χ2v) is 6.21. The molecule has 1 aromatic carbocycles. The smallest absolute Gasteiger partial charge is 0.326 e. The summed E-state index contributed by atoms with van der Waals surface area (Å²) in [4.78, 5) is 25.6. The summed E-state index contributed by atoms with van der Waals surface area (Å²) in [6, 6.07) is 6.88. The minimum Gasteiger partial charge on any atom is -0.480 e. The lowest BCUT2D eigenvalue weighted by Gasteiger charge is -2.35. The van der Waals surface area contributed by atoms with Gasteiger partial charge in [-0.1, -0.05) is 24.3 Å². The van der Waals surface area contributed by atoms with Gasteiger partial charge in [0.15, 0.2) is 0 Å². The van der Waals surface area contributed by atoms with Crippen molar-refractivity contribution in [3.05, 3.63) is 35.4 Å². The zero-order valence-corrected chi connectivity index (χ0v) is 12.7. The zero-order chi connectivity index (χ0) is 15.7. The quantitative estimate of drug-likeness (QED) is 0.901. The Hall–Kier alpha value is -1.88. The van der Waals surface area contributed by atoms with Gasteiger partial charge in [0.05, 0.1) is 6.61 Å². The van der Waals surface area contributed by atoms with Crippen LogP contribution < -0.4 is 0 Å². The molecule has 0 aromatic heterocycles. The summed E-state index contributed by atoms with van der Waals surface area (Å²) >= 11 is 0. The molecule has 1 aromatic rings. The maximum Gasteiger partial charge on any atom is 0.326 e. The van der Waals surface area contributed by atoms with E-state index in [1.165, 1.54) is 4.90 Å². The van der Waals surface area contributed by atoms with Gasteiger partial charge in [-0.3, -0.25) is 4.79 Å². The molecule has 0 spiro atoms. The fourth-order valence-corrected chi connectivity index (χ4v) is 2.84. The summed E-state index contributed by atoms with van der Waals surface area (Å²) < 4.78 is 5.61. The number of carbonyl (C=O) groups is 2. The number of benzene rings is 1. The molecule has 1 aliphatic carbocycles. The molecule has 3 rings (SSSR count). The fourth-order valence-electron chi connectivity index (χ4n) is 2.84. The number of amides is 1. The number of carboxylic acids is 1. The lowest BCUT2D eigenvalue weighted by molar-refractivity contribution is -0.157. The number of aliphatic carboxylic acids is 1. The summed E-state index contributed by atoms with van der Waals surface area (Å²) in [5.41, 5.74) is 2.02. The van der Waals surface area contributed by atoms with Crippen molar-refractivity contribution >= 4 is 11.9 Å². The van der Waals surface area contributed by atoms with Gasteiger partial charge >= 0.3 is 5.97 Å². The van der Waals surface area contributed by atoms with Gasteiger partial charge < -0.3 is 14.7 Å². The molecule has 1 amide bonds. The average Bonchev–Trinajstić information content (AvgIpc) is 3.34. The number of rotatable bonds is 5. The van der Waals surface area contributed by atoms with E-state index in [-0.39, 0.29) is 5.91 Å². The van der Waals surface area contributed by atoms with Gasteiger partial charge in [0.2, 0.25) is 0 Å². The molecule has 1 heterocycles. The lowest BCUT2D eigenvalue weighted by atomic mass is 9.93. The van der Waals surface area contributed by atoms with Crippen LogP contribution in [0.5, 0.6) is 0 Å². The molecule has 0 saturated heterocycles. The molecule has 118 valence electrons. The number of nitrogens with zero attached hydrogens (tertiary/aromatic N) is 1. The van der Waals surface area contributed by atoms with Crippen LogP contribution in [-0.2, 0) is 27.3 Å². The van der Waals surface area contributed by atoms with Crippen molar-refractivity contribution < 1.29 is 19.4 Å². The first kappa shape index (κ1) is 15.0.